The minimum atomic E-state index is 0.464. The molecule has 0 unspecified atom stereocenters. The number of benzene rings is 2. The van der Waals surface area contributed by atoms with Crippen LogP contribution in [0, 0.1) is 0 Å². The first kappa shape index (κ1) is 18.6. The van der Waals surface area contributed by atoms with E-state index in [0.717, 1.165) is 49.9 Å². The van der Waals surface area contributed by atoms with Gasteiger partial charge in [0.05, 0.1) is 16.9 Å². The number of fused-ring (bicyclic) bond motifs is 4. The number of aliphatic imine (C=N–C) groups is 1. The molecule has 0 aliphatic carbocycles. The van der Waals surface area contributed by atoms with Crippen LogP contribution in [0.5, 0.6) is 0 Å². The molecule has 1 aromatic heterocycles. The van der Waals surface area contributed by atoms with Crippen LogP contribution < -0.4 is 5.32 Å². The molecule has 3 aromatic rings. The number of hydrogen-bond acceptors (Lipinski definition) is 6. The maximum atomic E-state index is 5.36. The maximum Gasteiger partial charge on any atom is 0.140 e. The van der Waals surface area contributed by atoms with Gasteiger partial charge < -0.3 is 15.0 Å². The van der Waals surface area contributed by atoms with Crippen LogP contribution in [0.2, 0.25) is 0 Å². The number of methoxy groups -OCH3 is 1. The number of nitrogens with one attached hydrogen (secondary N) is 1. The zero-order valence-electron chi connectivity index (χ0n) is 16.9. The van der Waals surface area contributed by atoms with E-state index < -0.39 is 0 Å². The van der Waals surface area contributed by atoms with E-state index in [1.807, 2.05) is 11.3 Å². The van der Waals surface area contributed by atoms with Crippen molar-refractivity contribution in [1.29, 1.82) is 0 Å². The zero-order valence-corrected chi connectivity index (χ0v) is 17.7. The molecule has 150 valence electrons. The Kier molecular flexibility index (Phi) is 4.99. The first-order chi connectivity index (χ1) is 14.2. The molecule has 0 amide bonds. The quantitative estimate of drug-likeness (QED) is 0.685. The predicted octanol–water partition coefficient (Wildman–Crippen LogP) is 4.69. The van der Waals surface area contributed by atoms with Crippen LogP contribution in [0.3, 0.4) is 0 Å². The number of anilines is 2. The Labute approximate surface area is 175 Å². The largest absolute Gasteiger partial charge is 0.385 e. The van der Waals surface area contributed by atoms with E-state index in [1.54, 1.807) is 7.11 Å². The number of nitrogens with zero attached hydrogens (tertiary/aromatic N) is 3. The molecule has 0 spiro atoms. The lowest BCUT2D eigenvalue weighted by Crippen LogP contribution is -2.53. The molecule has 5 rings (SSSR count). The van der Waals surface area contributed by atoms with E-state index in [1.165, 1.54) is 20.7 Å². The summed E-state index contributed by atoms with van der Waals surface area (Å²) in [5, 5.41) is 6.12. The SMILES string of the molecule is COCC[C@H]1CN(C2=Nc3ccccc3Nc3sc4ccccc4c32)CCN1C. The lowest BCUT2D eigenvalue weighted by atomic mass is 10.1. The van der Waals surface area contributed by atoms with Crippen LogP contribution in [-0.2, 0) is 4.74 Å². The van der Waals surface area contributed by atoms with E-state index in [0.29, 0.717) is 6.04 Å². The zero-order chi connectivity index (χ0) is 19.8. The summed E-state index contributed by atoms with van der Waals surface area (Å²) < 4.78 is 6.65. The molecule has 29 heavy (non-hydrogen) atoms. The van der Waals surface area contributed by atoms with Gasteiger partial charge in [-0.1, -0.05) is 30.3 Å². The number of para-hydroxylation sites is 2. The summed E-state index contributed by atoms with van der Waals surface area (Å²) >= 11 is 1.81. The molecule has 2 aliphatic heterocycles. The van der Waals surface area contributed by atoms with Crippen LogP contribution in [0.4, 0.5) is 16.4 Å². The van der Waals surface area contributed by atoms with Crippen molar-refractivity contribution >= 4 is 43.6 Å². The van der Waals surface area contributed by atoms with E-state index in [9.17, 15) is 0 Å². The molecule has 3 heterocycles. The van der Waals surface area contributed by atoms with Crippen molar-refractivity contribution < 1.29 is 4.74 Å². The summed E-state index contributed by atoms with van der Waals surface area (Å²) in [6.45, 7) is 3.75. The third-order valence-corrected chi connectivity index (χ3v) is 7.02. The average molecular weight is 407 g/mol. The van der Waals surface area contributed by atoms with E-state index >= 15 is 0 Å². The second-order valence-electron chi connectivity index (χ2n) is 7.74. The van der Waals surface area contributed by atoms with E-state index in [4.69, 9.17) is 9.73 Å². The summed E-state index contributed by atoms with van der Waals surface area (Å²) in [5.41, 5.74) is 3.31. The number of rotatable bonds is 3. The summed E-state index contributed by atoms with van der Waals surface area (Å²) in [6, 6.07) is 17.4. The van der Waals surface area contributed by atoms with Gasteiger partial charge >= 0.3 is 0 Å². The monoisotopic (exact) mass is 406 g/mol. The molecular weight excluding hydrogens is 380 g/mol. The topological polar surface area (TPSA) is 40.1 Å². The van der Waals surface area contributed by atoms with Gasteiger partial charge in [-0.15, -0.1) is 11.3 Å². The lowest BCUT2D eigenvalue weighted by Gasteiger charge is -2.41. The molecule has 1 saturated heterocycles. The highest BCUT2D eigenvalue weighted by Gasteiger charge is 2.31. The summed E-state index contributed by atoms with van der Waals surface area (Å²) in [5.74, 6) is 1.09. The number of hydrogen-bond donors (Lipinski definition) is 1. The maximum absolute atomic E-state index is 5.36. The minimum Gasteiger partial charge on any atom is -0.385 e. The second kappa shape index (κ2) is 7.78. The Hall–Kier alpha value is -2.41. The summed E-state index contributed by atoms with van der Waals surface area (Å²) in [4.78, 5) is 10.1. The van der Waals surface area contributed by atoms with Crippen LogP contribution in [-0.4, -0.2) is 62.1 Å². The average Bonchev–Trinajstić information content (AvgIpc) is 3.01. The molecule has 1 fully saturated rings. The van der Waals surface area contributed by atoms with Crippen LogP contribution in [0.1, 0.15) is 12.0 Å². The first-order valence-corrected chi connectivity index (χ1v) is 11.0. The molecule has 1 N–H and O–H groups in total. The van der Waals surface area contributed by atoms with Gasteiger partial charge in [0.2, 0.25) is 0 Å². The fourth-order valence-corrected chi connectivity index (χ4v) is 5.37. The fraction of sp³-hybridized carbons (Fsp3) is 0.348. The molecule has 1 atom stereocenters. The highest BCUT2D eigenvalue weighted by atomic mass is 32.1. The normalized spacial score (nSPS) is 19.3. The Bertz CT molecular complexity index is 1060. The fourth-order valence-electron chi connectivity index (χ4n) is 4.26. The highest BCUT2D eigenvalue weighted by Crippen LogP contribution is 2.43. The number of piperazine rings is 1. The van der Waals surface area contributed by atoms with Crippen molar-refractivity contribution in [2.75, 3.05) is 45.7 Å². The Balaban J connectivity index is 1.61. The van der Waals surface area contributed by atoms with Gasteiger partial charge in [0.15, 0.2) is 0 Å². The third kappa shape index (κ3) is 3.41. The smallest absolute Gasteiger partial charge is 0.140 e. The standard InChI is InChI=1S/C23H26N4OS/c1-26-12-13-27(15-16(26)11-14-28-2)22-21-17-7-3-6-10-20(17)29-23(21)25-19-9-5-4-8-18(19)24-22/h3-10,16,25H,11-15H2,1-2H3/t16-/m0/s1. The van der Waals surface area contributed by atoms with Gasteiger partial charge in [0.25, 0.3) is 0 Å². The van der Waals surface area contributed by atoms with Crippen LogP contribution in [0.25, 0.3) is 10.1 Å². The summed E-state index contributed by atoms with van der Waals surface area (Å²) in [6.07, 6.45) is 1.03. The molecule has 0 bridgehead atoms. The number of likely N-dealkylation sites (N-methyl/N-ethyl adjacent to an activating group) is 1. The molecule has 2 aromatic carbocycles. The second-order valence-corrected chi connectivity index (χ2v) is 8.79. The molecule has 0 radical (unpaired) electrons. The van der Waals surface area contributed by atoms with Gasteiger partial charge in [-0.2, -0.15) is 0 Å². The van der Waals surface area contributed by atoms with Gasteiger partial charge in [-0.25, -0.2) is 4.99 Å². The van der Waals surface area contributed by atoms with Gasteiger partial charge in [0, 0.05) is 49.5 Å². The van der Waals surface area contributed by atoms with Crippen LogP contribution in [0.15, 0.2) is 53.5 Å². The van der Waals surface area contributed by atoms with Crippen molar-refractivity contribution in [2.24, 2.45) is 4.99 Å². The number of amidine groups is 1. The van der Waals surface area contributed by atoms with E-state index in [2.05, 4.69) is 70.7 Å². The van der Waals surface area contributed by atoms with E-state index in [-0.39, 0.29) is 0 Å². The molecule has 2 aliphatic rings. The minimum absolute atomic E-state index is 0.464. The van der Waals surface area contributed by atoms with Crippen molar-refractivity contribution in [3.63, 3.8) is 0 Å². The number of ether oxygens (including phenoxy) is 1. The molecule has 0 saturated carbocycles. The van der Waals surface area contributed by atoms with Crippen molar-refractivity contribution in [2.45, 2.75) is 12.5 Å². The Morgan fingerprint density at radius 3 is 2.86 bits per heavy atom. The van der Waals surface area contributed by atoms with Gasteiger partial charge in [0.1, 0.15) is 10.8 Å². The van der Waals surface area contributed by atoms with Crippen LogP contribution >= 0.6 is 11.3 Å². The Morgan fingerprint density at radius 1 is 1.14 bits per heavy atom. The van der Waals surface area contributed by atoms with Gasteiger partial charge in [-0.3, -0.25) is 4.90 Å². The Morgan fingerprint density at radius 2 is 1.97 bits per heavy atom. The molecule has 6 heteroatoms. The highest BCUT2D eigenvalue weighted by molar-refractivity contribution is 7.23. The lowest BCUT2D eigenvalue weighted by molar-refractivity contribution is 0.100. The molecule has 5 nitrogen and oxygen atoms in total. The summed E-state index contributed by atoms with van der Waals surface area (Å²) in [7, 11) is 4.00. The third-order valence-electron chi connectivity index (χ3n) is 5.93. The van der Waals surface area contributed by atoms with Crippen molar-refractivity contribution in [3.05, 3.63) is 54.1 Å². The predicted molar refractivity (Wildman–Crippen MR) is 122 cm³/mol. The van der Waals surface area contributed by atoms with Crippen molar-refractivity contribution in [1.82, 2.24) is 9.80 Å². The number of thiophene rings is 1. The van der Waals surface area contributed by atoms with Gasteiger partial charge in [-0.05, 0) is 31.7 Å². The van der Waals surface area contributed by atoms with Crippen molar-refractivity contribution in [3.8, 4) is 0 Å². The molecular formula is C23H26N4OS. The first-order valence-electron chi connectivity index (χ1n) is 10.2.